The number of carbonyl (C=O) groups excluding carboxylic acids is 2. The van der Waals surface area contributed by atoms with Crippen molar-refractivity contribution in [2.24, 2.45) is 0 Å². The van der Waals surface area contributed by atoms with Crippen LogP contribution in [0.15, 0.2) is 53.4 Å². The zero-order chi connectivity index (χ0) is 22.5. The van der Waals surface area contributed by atoms with Crippen molar-refractivity contribution in [1.29, 1.82) is 0 Å². The monoisotopic (exact) mass is 468 g/mol. The van der Waals surface area contributed by atoms with Crippen LogP contribution in [0.25, 0.3) is 6.08 Å². The lowest BCUT2D eigenvalue weighted by atomic mass is 9.92. The van der Waals surface area contributed by atoms with E-state index in [2.05, 4.69) is 5.32 Å². The molecule has 1 aliphatic heterocycles. The summed E-state index contributed by atoms with van der Waals surface area (Å²) in [5, 5.41) is 4.01. The van der Waals surface area contributed by atoms with Gasteiger partial charge in [-0.2, -0.15) is 0 Å². The molecule has 0 radical (unpaired) electrons. The highest BCUT2D eigenvalue weighted by Crippen LogP contribution is 2.42. The summed E-state index contributed by atoms with van der Waals surface area (Å²) >= 11 is 7.91. The summed E-state index contributed by atoms with van der Waals surface area (Å²) in [6.45, 7) is 3.27. The van der Waals surface area contributed by atoms with Crippen molar-refractivity contribution in [2.45, 2.75) is 56.9 Å². The number of fused-ring (bicyclic) bond motifs is 1. The van der Waals surface area contributed by atoms with E-state index in [9.17, 15) is 9.59 Å². The molecule has 4 rings (SSSR count). The Labute approximate surface area is 199 Å². The quantitative estimate of drug-likeness (QED) is 0.536. The van der Waals surface area contributed by atoms with Gasteiger partial charge in [-0.1, -0.05) is 55.6 Å². The van der Waals surface area contributed by atoms with Crippen LogP contribution in [0.1, 0.15) is 60.5 Å². The molecule has 1 N–H and O–H groups in total. The Balaban J connectivity index is 1.56. The van der Waals surface area contributed by atoms with E-state index in [-0.39, 0.29) is 17.9 Å². The number of nitrogens with one attached hydrogen (secondary N) is 1. The normalized spacial score (nSPS) is 22.0. The van der Waals surface area contributed by atoms with E-state index < -0.39 is 0 Å². The number of hydrogen-bond donors (Lipinski definition) is 1. The Hall–Kier alpha value is -2.24. The summed E-state index contributed by atoms with van der Waals surface area (Å²) in [7, 11) is 0. The lowest BCUT2D eigenvalue weighted by Crippen LogP contribution is -2.50. The molecule has 2 aliphatic rings. The highest BCUT2D eigenvalue weighted by atomic mass is 35.5. The zero-order valence-corrected chi connectivity index (χ0v) is 19.9. The van der Waals surface area contributed by atoms with E-state index in [4.69, 9.17) is 11.6 Å². The molecule has 1 saturated heterocycles. The molecule has 168 valence electrons. The van der Waals surface area contributed by atoms with Crippen LogP contribution in [0, 0.1) is 0 Å². The van der Waals surface area contributed by atoms with Crippen molar-refractivity contribution < 1.29 is 9.59 Å². The molecular formula is C26H29ClN2O2S. The Morgan fingerprint density at radius 2 is 1.97 bits per heavy atom. The Bertz CT molecular complexity index is 1010. The summed E-state index contributed by atoms with van der Waals surface area (Å²) in [5.74, 6) is 0.0230. The number of rotatable bonds is 6. The number of nitrogens with zero attached hydrogens (tertiary/aromatic N) is 1. The van der Waals surface area contributed by atoms with Crippen molar-refractivity contribution in [3.8, 4) is 0 Å². The van der Waals surface area contributed by atoms with Gasteiger partial charge in [0.1, 0.15) is 0 Å². The predicted octanol–water partition coefficient (Wildman–Crippen LogP) is 5.91. The Morgan fingerprint density at radius 1 is 1.19 bits per heavy atom. The van der Waals surface area contributed by atoms with E-state index in [1.54, 1.807) is 11.8 Å². The first-order valence-electron chi connectivity index (χ1n) is 11.4. The third-order valence-corrected chi connectivity index (χ3v) is 7.70. The van der Waals surface area contributed by atoms with E-state index >= 15 is 0 Å². The lowest BCUT2D eigenvalue weighted by molar-refractivity contribution is -0.130. The van der Waals surface area contributed by atoms with Crippen LogP contribution >= 0.6 is 23.4 Å². The molecule has 2 aromatic rings. The Kier molecular flexibility index (Phi) is 7.59. The summed E-state index contributed by atoms with van der Waals surface area (Å²) in [6, 6.07) is 15.5. The maximum Gasteiger partial charge on any atom is 0.260 e. The molecule has 2 unspecified atom stereocenters. The van der Waals surface area contributed by atoms with Gasteiger partial charge in [0.15, 0.2) is 0 Å². The minimum atomic E-state index is -0.0630. The molecular weight excluding hydrogens is 440 g/mol. The average molecular weight is 469 g/mol. The number of hydrogen-bond acceptors (Lipinski definition) is 3. The first-order valence-corrected chi connectivity index (χ1v) is 12.6. The van der Waals surface area contributed by atoms with Crippen LogP contribution in [0.5, 0.6) is 0 Å². The predicted molar refractivity (Wildman–Crippen MR) is 133 cm³/mol. The van der Waals surface area contributed by atoms with E-state index in [1.165, 1.54) is 12.8 Å². The molecule has 0 spiro atoms. The lowest BCUT2D eigenvalue weighted by Gasteiger charge is -2.44. The summed E-state index contributed by atoms with van der Waals surface area (Å²) in [6.07, 6.45) is 7.44. The van der Waals surface area contributed by atoms with Gasteiger partial charge in [0.2, 0.25) is 0 Å². The minimum Gasteiger partial charge on any atom is -0.352 e. The van der Waals surface area contributed by atoms with Gasteiger partial charge in [0.25, 0.3) is 11.8 Å². The molecule has 1 heterocycles. The van der Waals surface area contributed by atoms with Gasteiger partial charge >= 0.3 is 0 Å². The fourth-order valence-electron chi connectivity index (χ4n) is 4.42. The summed E-state index contributed by atoms with van der Waals surface area (Å²) in [5.41, 5.74) is 2.63. The standard InChI is InChI=1S/C26H29ClN2O2S/c1-2-14-28-25(30)20-12-10-18(11-13-20)16-24-26(31)29(17-19-6-5-7-21(27)15-19)22-8-3-4-9-23(22)32-24/h5-7,10-13,15-16,22-23H,2-4,8-9,14,17H2,1H3,(H,28,30)/b24-16+. The van der Waals surface area contributed by atoms with Crippen LogP contribution in [0.4, 0.5) is 0 Å². The molecule has 0 bridgehead atoms. The highest BCUT2D eigenvalue weighted by molar-refractivity contribution is 8.04. The van der Waals surface area contributed by atoms with E-state index in [0.29, 0.717) is 28.9 Å². The number of benzene rings is 2. The zero-order valence-electron chi connectivity index (χ0n) is 18.4. The first kappa shape index (κ1) is 22.9. The second-order valence-corrected chi connectivity index (χ2v) is 10.2. The molecule has 2 amide bonds. The van der Waals surface area contributed by atoms with Crippen LogP contribution in [-0.2, 0) is 11.3 Å². The second kappa shape index (κ2) is 10.6. The average Bonchev–Trinajstić information content (AvgIpc) is 2.80. The van der Waals surface area contributed by atoms with E-state index in [1.807, 2.05) is 66.4 Å². The highest BCUT2D eigenvalue weighted by Gasteiger charge is 2.40. The minimum absolute atomic E-state index is 0.0630. The SMILES string of the molecule is CCCNC(=O)c1ccc(/C=C2/SC3CCCCC3N(Cc3cccc(Cl)c3)C2=O)cc1. The van der Waals surface area contributed by atoms with Crippen LogP contribution in [-0.4, -0.2) is 34.6 Å². The fraction of sp³-hybridized carbons (Fsp3) is 0.385. The molecule has 2 fully saturated rings. The third-order valence-electron chi connectivity index (χ3n) is 6.07. The van der Waals surface area contributed by atoms with Crippen molar-refractivity contribution in [3.05, 3.63) is 75.1 Å². The molecule has 1 saturated carbocycles. The van der Waals surface area contributed by atoms with Gasteiger partial charge in [0, 0.05) is 35.0 Å². The van der Waals surface area contributed by atoms with Crippen molar-refractivity contribution in [2.75, 3.05) is 6.54 Å². The van der Waals surface area contributed by atoms with Crippen LogP contribution < -0.4 is 5.32 Å². The topological polar surface area (TPSA) is 49.4 Å². The molecule has 0 aromatic heterocycles. The van der Waals surface area contributed by atoms with Crippen LogP contribution in [0.2, 0.25) is 5.02 Å². The summed E-state index contributed by atoms with van der Waals surface area (Å²) < 4.78 is 0. The van der Waals surface area contributed by atoms with Gasteiger partial charge in [-0.3, -0.25) is 9.59 Å². The number of carbonyl (C=O) groups is 2. The first-order chi connectivity index (χ1) is 15.5. The Morgan fingerprint density at radius 3 is 2.72 bits per heavy atom. The fourth-order valence-corrected chi connectivity index (χ4v) is 6.10. The largest absolute Gasteiger partial charge is 0.352 e. The molecule has 1 aliphatic carbocycles. The van der Waals surface area contributed by atoms with Gasteiger partial charge in [-0.25, -0.2) is 0 Å². The van der Waals surface area contributed by atoms with Gasteiger partial charge in [0.05, 0.1) is 4.91 Å². The summed E-state index contributed by atoms with van der Waals surface area (Å²) in [4.78, 5) is 28.5. The second-order valence-electron chi connectivity index (χ2n) is 8.46. The molecule has 4 nitrogen and oxygen atoms in total. The van der Waals surface area contributed by atoms with E-state index in [0.717, 1.165) is 35.3 Å². The van der Waals surface area contributed by atoms with Crippen molar-refractivity contribution in [3.63, 3.8) is 0 Å². The van der Waals surface area contributed by atoms with Gasteiger partial charge < -0.3 is 10.2 Å². The van der Waals surface area contributed by atoms with Crippen LogP contribution in [0.3, 0.4) is 0 Å². The van der Waals surface area contributed by atoms with Gasteiger partial charge in [-0.05, 0) is 60.7 Å². The maximum absolute atomic E-state index is 13.5. The smallest absolute Gasteiger partial charge is 0.260 e. The number of halogens is 1. The third kappa shape index (κ3) is 5.38. The van der Waals surface area contributed by atoms with Gasteiger partial charge in [-0.15, -0.1) is 11.8 Å². The molecule has 2 atom stereocenters. The number of thioether (sulfide) groups is 1. The molecule has 2 aromatic carbocycles. The van der Waals surface area contributed by atoms with Crippen molar-refractivity contribution >= 4 is 41.3 Å². The molecule has 6 heteroatoms. The maximum atomic E-state index is 13.5. The van der Waals surface area contributed by atoms with Crippen molar-refractivity contribution in [1.82, 2.24) is 10.2 Å². The number of amides is 2. The molecule has 32 heavy (non-hydrogen) atoms.